The molecule has 0 aliphatic rings. The molecule has 1 aromatic carbocycles. The Bertz CT molecular complexity index is 671. The van der Waals surface area contributed by atoms with E-state index >= 15 is 0 Å². The van der Waals surface area contributed by atoms with Gasteiger partial charge in [0.05, 0.1) is 21.3 Å². The fraction of sp³-hybridized carbons (Fsp3) is 0. The smallest absolute Gasteiger partial charge is 0.257 e. The van der Waals surface area contributed by atoms with Gasteiger partial charge in [-0.05, 0) is 12.1 Å². The summed E-state index contributed by atoms with van der Waals surface area (Å²) in [7, 11) is 0. The first kappa shape index (κ1) is 15.0. The average molecular weight is 338 g/mol. The molecule has 0 atom stereocenters. The lowest BCUT2D eigenvalue weighted by Crippen LogP contribution is -2.14. The third-order valence-corrected chi connectivity index (χ3v) is 3.12. The van der Waals surface area contributed by atoms with Crippen LogP contribution < -0.4 is 5.32 Å². The Morgan fingerprint density at radius 2 is 1.80 bits per heavy atom. The van der Waals surface area contributed by atoms with E-state index < -0.39 is 17.5 Å². The molecule has 1 aromatic heterocycles. The predicted octanol–water partition coefficient (Wildman–Crippen LogP) is 4.57. The molecule has 0 radical (unpaired) electrons. The van der Waals surface area contributed by atoms with Crippen molar-refractivity contribution in [3.8, 4) is 0 Å². The summed E-state index contributed by atoms with van der Waals surface area (Å²) in [4.78, 5) is 15.7. The Morgan fingerprint density at radius 3 is 2.45 bits per heavy atom. The van der Waals surface area contributed by atoms with Crippen molar-refractivity contribution in [2.45, 2.75) is 0 Å². The standard InChI is InChI=1S/C12H5Cl3F2N2O/c13-7-1-5(16)2-9(17)11(7)19-12(20)6-3-10(15)18-4-8(6)14/h1-4H,(H,19,20). The summed E-state index contributed by atoms with van der Waals surface area (Å²) in [6, 6.07) is 2.69. The fourth-order valence-electron chi connectivity index (χ4n) is 1.43. The number of nitrogens with zero attached hydrogens (tertiary/aromatic N) is 1. The number of rotatable bonds is 2. The van der Waals surface area contributed by atoms with Crippen molar-refractivity contribution < 1.29 is 13.6 Å². The van der Waals surface area contributed by atoms with E-state index in [1.165, 1.54) is 12.3 Å². The van der Waals surface area contributed by atoms with E-state index in [1.807, 2.05) is 0 Å². The average Bonchev–Trinajstić information content (AvgIpc) is 2.36. The van der Waals surface area contributed by atoms with Gasteiger partial charge in [-0.2, -0.15) is 0 Å². The summed E-state index contributed by atoms with van der Waals surface area (Å²) in [6.45, 7) is 0. The lowest BCUT2D eigenvalue weighted by molar-refractivity contribution is 0.102. The molecular formula is C12H5Cl3F2N2O. The quantitative estimate of drug-likeness (QED) is 0.816. The largest absolute Gasteiger partial charge is 0.318 e. The van der Waals surface area contributed by atoms with Crippen LogP contribution in [0.1, 0.15) is 10.4 Å². The summed E-state index contributed by atoms with van der Waals surface area (Å²) in [6.07, 6.45) is 1.18. The summed E-state index contributed by atoms with van der Waals surface area (Å²) in [5.74, 6) is -2.60. The molecule has 0 saturated heterocycles. The van der Waals surface area contributed by atoms with E-state index in [1.54, 1.807) is 0 Å². The monoisotopic (exact) mass is 336 g/mol. The number of anilines is 1. The van der Waals surface area contributed by atoms with E-state index in [9.17, 15) is 13.6 Å². The Kier molecular flexibility index (Phi) is 4.42. The van der Waals surface area contributed by atoms with Gasteiger partial charge >= 0.3 is 0 Å². The minimum absolute atomic E-state index is 0.00791. The summed E-state index contributed by atoms with van der Waals surface area (Å²) in [5.41, 5.74) is -0.353. The number of aromatic nitrogens is 1. The van der Waals surface area contributed by atoms with Gasteiger partial charge in [-0.1, -0.05) is 34.8 Å². The Balaban J connectivity index is 2.35. The first-order valence-electron chi connectivity index (χ1n) is 5.15. The van der Waals surface area contributed by atoms with Gasteiger partial charge in [0.1, 0.15) is 11.0 Å². The lowest BCUT2D eigenvalue weighted by Gasteiger charge is -2.09. The van der Waals surface area contributed by atoms with E-state index in [-0.39, 0.29) is 26.4 Å². The maximum atomic E-state index is 13.6. The van der Waals surface area contributed by atoms with Gasteiger partial charge in [0.2, 0.25) is 0 Å². The molecule has 0 fully saturated rings. The number of carbonyl (C=O) groups is 1. The molecular weight excluding hydrogens is 332 g/mol. The highest BCUT2D eigenvalue weighted by Gasteiger charge is 2.17. The number of benzene rings is 1. The first-order chi connectivity index (χ1) is 9.38. The van der Waals surface area contributed by atoms with Crippen molar-refractivity contribution in [3.63, 3.8) is 0 Å². The molecule has 1 amide bonds. The zero-order valence-electron chi connectivity index (χ0n) is 9.55. The van der Waals surface area contributed by atoms with Crippen LogP contribution in [0.4, 0.5) is 14.5 Å². The number of halogens is 5. The fourth-order valence-corrected chi connectivity index (χ4v) is 2.02. The van der Waals surface area contributed by atoms with E-state index in [2.05, 4.69) is 10.3 Å². The second kappa shape index (κ2) is 5.91. The molecule has 2 rings (SSSR count). The van der Waals surface area contributed by atoms with Crippen molar-refractivity contribution in [2.24, 2.45) is 0 Å². The number of nitrogens with one attached hydrogen (secondary N) is 1. The highest BCUT2D eigenvalue weighted by molar-refractivity contribution is 6.36. The van der Waals surface area contributed by atoms with Crippen LogP contribution in [-0.2, 0) is 0 Å². The Labute approximate surface area is 127 Å². The molecule has 0 unspecified atom stereocenters. The van der Waals surface area contributed by atoms with Crippen molar-refractivity contribution in [1.29, 1.82) is 0 Å². The zero-order valence-corrected chi connectivity index (χ0v) is 11.8. The molecule has 2 aromatic rings. The van der Waals surface area contributed by atoms with Gasteiger partial charge in [0, 0.05) is 12.3 Å². The molecule has 1 heterocycles. The molecule has 0 aliphatic carbocycles. The maximum Gasteiger partial charge on any atom is 0.257 e. The van der Waals surface area contributed by atoms with Gasteiger partial charge in [0.15, 0.2) is 5.82 Å². The topological polar surface area (TPSA) is 42.0 Å². The van der Waals surface area contributed by atoms with Crippen molar-refractivity contribution >= 4 is 46.4 Å². The molecule has 3 nitrogen and oxygen atoms in total. The summed E-state index contributed by atoms with van der Waals surface area (Å²) >= 11 is 17.1. The minimum atomic E-state index is -1.00. The van der Waals surface area contributed by atoms with Crippen LogP contribution in [0.3, 0.4) is 0 Å². The van der Waals surface area contributed by atoms with Gasteiger partial charge < -0.3 is 5.32 Å². The molecule has 0 aliphatic heterocycles. The third-order valence-electron chi connectivity index (χ3n) is 2.31. The van der Waals surface area contributed by atoms with Crippen LogP contribution in [0.15, 0.2) is 24.4 Å². The second-order valence-corrected chi connectivity index (χ2v) is 4.89. The van der Waals surface area contributed by atoms with Crippen LogP contribution in [-0.4, -0.2) is 10.9 Å². The lowest BCUT2D eigenvalue weighted by atomic mass is 10.2. The molecule has 0 saturated carbocycles. The van der Waals surface area contributed by atoms with Gasteiger partial charge in [0.25, 0.3) is 5.91 Å². The van der Waals surface area contributed by atoms with Crippen LogP contribution in [0.2, 0.25) is 15.2 Å². The van der Waals surface area contributed by atoms with Gasteiger partial charge in [-0.15, -0.1) is 0 Å². The summed E-state index contributed by atoms with van der Waals surface area (Å²) < 4.78 is 26.5. The Hall–Kier alpha value is -1.43. The van der Waals surface area contributed by atoms with Gasteiger partial charge in [-0.25, -0.2) is 13.8 Å². The highest BCUT2D eigenvalue weighted by Crippen LogP contribution is 2.28. The Morgan fingerprint density at radius 1 is 1.10 bits per heavy atom. The van der Waals surface area contributed by atoms with E-state index in [4.69, 9.17) is 34.8 Å². The SMILES string of the molecule is O=C(Nc1c(F)cc(F)cc1Cl)c1cc(Cl)ncc1Cl. The molecule has 0 bridgehead atoms. The second-order valence-electron chi connectivity index (χ2n) is 3.69. The molecule has 20 heavy (non-hydrogen) atoms. The number of amides is 1. The van der Waals surface area contributed by atoms with E-state index in [0.717, 1.165) is 6.07 Å². The predicted molar refractivity (Wildman–Crippen MR) is 73.6 cm³/mol. The molecule has 104 valence electrons. The maximum absolute atomic E-state index is 13.6. The van der Waals surface area contributed by atoms with Gasteiger partial charge in [-0.3, -0.25) is 4.79 Å². The van der Waals surface area contributed by atoms with Crippen LogP contribution in [0.25, 0.3) is 0 Å². The number of carbonyl (C=O) groups excluding carboxylic acids is 1. The van der Waals surface area contributed by atoms with Crippen molar-refractivity contribution in [1.82, 2.24) is 4.98 Å². The number of hydrogen-bond donors (Lipinski definition) is 1. The van der Waals surface area contributed by atoms with E-state index in [0.29, 0.717) is 6.07 Å². The van der Waals surface area contributed by atoms with Crippen LogP contribution >= 0.6 is 34.8 Å². The van der Waals surface area contributed by atoms with Crippen molar-refractivity contribution in [3.05, 3.63) is 56.8 Å². The van der Waals surface area contributed by atoms with Crippen molar-refractivity contribution in [2.75, 3.05) is 5.32 Å². The number of pyridine rings is 1. The van der Waals surface area contributed by atoms with Crippen LogP contribution in [0, 0.1) is 11.6 Å². The first-order valence-corrected chi connectivity index (χ1v) is 6.29. The number of hydrogen-bond acceptors (Lipinski definition) is 2. The molecule has 1 N–H and O–H groups in total. The zero-order chi connectivity index (χ0) is 14.9. The highest BCUT2D eigenvalue weighted by atomic mass is 35.5. The van der Waals surface area contributed by atoms with Crippen LogP contribution in [0.5, 0.6) is 0 Å². The third kappa shape index (κ3) is 3.17. The normalized spacial score (nSPS) is 10.4. The minimum Gasteiger partial charge on any atom is -0.318 e. The summed E-state index contributed by atoms with van der Waals surface area (Å²) in [5, 5.41) is 2.01. The molecule has 8 heteroatoms. The molecule has 0 spiro atoms.